The number of carbonyl (C=O) groups excluding carboxylic acids is 2. The highest BCUT2D eigenvalue weighted by atomic mass is 16.5. The third kappa shape index (κ3) is 4.95. The molecule has 6 nitrogen and oxygen atoms in total. The highest BCUT2D eigenvalue weighted by Gasteiger charge is 2.40. The van der Waals surface area contributed by atoms with E-state index in [0.29, 0.717) is 11.1 Å². The number of ketones is 2. The van der Waals surface area contributed by atoms with E-state index in [1.54, 1.807) is 0 Å². The van der Waals surface area contributed by atoms with E-state index in [0.717, 1.165) is 41.1 Å². The molecule has 0 saturated heterocycles. The first-order valence-electron chi connectivity index (χ1n) is 14.9. The molecule has 2 heterocycles. The van der Waals surface area contributed by atoms with E-state index in [1.807, 2.05) is 110 Å². The number of para-hydroxylation sites is 2. The first kappa shape index (κ1) is 29.9. The highest BCUT2D eigenvalue weighted by molar-refractivity contribution is 6.48. The average Bonchev–Trinajstić information content (AvgIpc) is 3.58. The van der Waals surface area contributed by atoms with Gasteiger partial charge in [0, 0.05) is 45.3 Å². The molecule has 2 aromatic heterocycles. The lowest BCUT2D eigenvalue weighted by Gasteiger charge is -2.24. The van der Waals surface area contributed by atoms with Crippen LogP contribution in [0.5, 0.6) is 0 Å². The Bertz CT molecular complexity index is 1840. The molecule has 6 heteroatoms. The van der Waals surface area contributed by atoms with Crippen LogP contribution >= 0.6 is 0 Å². The first-order chi connectivity index (χ1) is 20.5. The molecule has 0 atom stereocenters. The summed E-state index contributed by atoms with van der Waals surface area (Å²) in [6.07, 6.45) is 9.99. The number of unbranched alkanes of at least 4 members (excludes halogenated alkanes) is 2. The summed E-state index contributed by atoms with van der Waals surface area (Å²) >= 11 is 0. The smallest absolute Gasteiger partial charge is 0.232 e. The molecule has 0 spiro atoms. The van der Waals surface area contributed by atoms with Crippen LogP contribution in [0.3, 0.4) is 0 Å². The van der Waals surface area contributed by atoms with Gasteiger partial charge < -0.3 is 19.0 Å². The normalized spacial score (nSPS) is 14.7. The molecule has 0 bridgehead atoms. The third-order valence-electron chi connectivity index (χ3n) is 8.54. The number of Topliss-reactive ketones (excluding diaryl/α,β-unsaturated/α-hetero) is 2. The molecule has 4 aromatic rings. The maximum Gasteiger partial charge on any atom is 0.232 e. The second kappa shape index (κ2) is 11.3. The molecule has 1 aliphatic carbocycles. The van der Waals surface area contributed by atoms with Crippen LogP contribution in [-0.2, 0) is 25.4 Å². The minimum atomic E-state index is -0.640. The molecule has 0 fully saturated rings. The van der Waals surface area contributed by atoms with Gasteiger partial charge in [0.05, 0.1) is 28.8 Å². The molecular formula is C37H40N2O4. The van der Waals surface area contributed by atoms with E-state index < -0.39 is 28.4 Å². The van der Waals surface area contributed by atoms with Crippen LogP contribution in [-0.4, -0.2) is 32.4 Å². The molecule has 43 heavy (non-hydrogen) atoms. The number of rotatable bonds is 11. The highest BCUT2D eigenvalue weighted by Crippen LogP contribution is 2.42. The fraction of sp³-hybridized carbons (Fsp3) is 0.297. The van der Waals surface area contributed by atoms with Crippen molar-refractivity contribution in [2.75, 3.05) is 6.61 Å². The van der Waals surface area contributed by atoms with Crippen LogP contribution in [0.4, 0.5) is 0 Å². The SMILES string of the molecule is C=CC(C)(C)n1cc(C2=C(O)C(=O)C(c3cn(C(C)(C)C=C)c4ccccc34)=C(OCCCCC)C2=O)c2ccccc21. The maximum atomic E-state index is 14.5. The van der Waals surface area contributed by atoms with Crippen molar-refractivity contribution in [1.82, 2.24) is 9.13 Å². The van der Waals surface area contributed by atoms with Crippen molar-refractivity contribution in [3.63, 3.8) is 0 Å². The van der Waals surface area contributed by atoms with Crippen molar-refractivity contribution in [3.8, 4) is 0 Å². The van der Waals surface area contributed by atoms with Crippen LogP contribution < -0.4 is 0 Å². The van der Waals surface area contributed by atoms with E-state index in [4.69, 9.17) is 4.74 Å². The Kier molecular flexibility index (Phi) is 7.82. The van der Waals surface area contributed by atoms with Crippen LogP contribution in [0.15, 0.2) is 97.8 Å². The number of aliphatic hydroxyl groups excluding tert-OH is 1. The average molecular weight is 577 g/mol. The van der Waals surface area contributed by atoms with E-state index in [-0.39, 0.29) is 23.5 Å². The quantitative estimate of drug-likeness (QED) is 0.110. The lowest BCUT2D eigenvalue weighted by Crippen LogP contribution is -2.25. The third-order valence-corrected chi connectivity index (χ3v) is 8.54. The Morgan fingerprint density at radius 3 is 1.74 bits per heavy atom. The second-order valence-electron chi connectivity index (χ2n) is 12.2. The van der Waals surface area contributed by atoms with Crippen molar-refractivity contribution < 1.29 is 19.4 Å². The van der Waals surface area contributed by atoms with E-state index in [2.05, 4.69) is 20.1 Å². The van der Waals surface area contributed by atoms with Gasteiger partial charge in [-0.2, -0.15) is 0 Å². The number of hydrogen-bond donors (Lipinski definition) is 1. The molecule has 5 rings (SSSR count). The Morgan fingerprint density at radius 2 is 1.26 bits per heavy atom. The summed E-state index contributed by atoms with van der Waals surface area (Å²) in [7, 11) is 0. The minimum Gasteiger partial charge on any atom is -0.504 e. The maximum absolute atomic E-state index is 14.5. The number of fused-ring (bicyclic) bond motifs is 2. The lowest BCUT2D eigenvalue weighted by atomic mass is 9.86. The van der Waals surface area contributed by atoms with Crippen LogP contribution in [0.25, 0.3) is 33.0 Å². The van der Waals surface area contributed by atoms with Gasteiger partial charge in [0.1, 0.15) is 0 Å². The van der Waals surface area contributed by atoms with Crippen molar-refractivity contribution in [3.05, 3.63) is 109 Å². The van der Waals surface area contributed by atoms with Gasteiger partial charge in [-0.15, -0.1) is 13.2 Å². The molecule has 2 aromatic carbocycles. The topological polar surface area (TPSA) is 73.5 Å². The standard InChI is InChI=1S/C37H40N2O4/c1-8-11-16-21-43-35-31(27-23-39(37(6,7)10-3)29-20-15-13-18-25(27)29)33(41)32(40)30(34(35)42)26-22-38(36(4,5)9-2)28-19-14-12-17-24(26)28/h9-10,12-15,17-20,22-23,40H,2-3,8,11,16,21H2,1,4-7H3. The van der Waals surface area contributed by atoms with Gasteiger partial charge in [0.25, 0.3) is 0 Å². The number of benzene rings is 2. The number of carbonyl (C=O) groups is 2. The fourth-order valence-corrected chi connectivity index (χ4v) is 5.74. The molecule has 0 amide bonds. The Morgan fingerprint density at radius 1 is 0.767 bits per heavy atom. The van der Waals surface area contributed by atoms with Crippen LogP contribution in [0.1, 0.15) is 65.0 Å². The molecular weight excluding hydrogens is 536 g/mol. The van der Waals surface area contributed by atoms with Gasteiger partial charge in [-0.05, 0) is 46.2 Å². The molecule has 1 aliphatic rings. The summed E-state index contributed by atoms with van der Waals surface area (Å²) in [6, 6.07) is 15.4. The lowest BCUT2D eigenvalue weighted by molar-refractivity contribution is -0.117. The number of ether oxygens (including phenoxy) is 1. The summed E-state index contributed by atoms with van der Waals surface area (Å²) in [5, 5.41) is 13.1. The van der Waals surface area contributed by atoms with Crippen molar-refractivity contribution in [2.24, 2.45) is 0 Å². The second-order valence-corrected chi connectivity index (χ2v) is 12.2. The zero-order valence-corrected chi connectivity index (χ0v) is 25.7. The van der Waals surface area contributed by atoms with Crippen molar-refractivity contribution in [1.29, 1.82) is 0 Å². The summed E-state index contributed by atoms with van der Waals surface area (Å²) in [4.78, 5) is 28.8. The van der Waals surface area contributed by atoms with Gasteiger partial charge in [-0.25, -0.2) is 0 Å². The number of aliphatic hydroxyl groups is 1. The summed E-state index contributed by atoms with van der Waals surface area (Å²) in [5.41, 5.74) is 1.81. The fourth-order valence-electron chi connectivity index (χ4n) is 5.74. The zero-order valence-electron chi connectivity index (χ0n) is 25.7. The minimum absolute atomic E-state index is 0.0342. The molecule has 0 aliphatic heterocycles. The van der Waals surface area contributed by atoms with E-state index in [9.17, 15) is 14.7 Å². The first-order valence-corrected chi connectivity index (χ1v) is 14.9. The Balaban J connectivity index is 1.76. The summed E-state index contributed by atoms with van der Waals surface area (Å²) in [6.45, 7) is 18.5. The number of allylic oxidation sites excluding steroid dienone is 4. The molecule has 0 radical (unpaired) electrons. The predicted octanol–water partition coefficient (Wildman–Crippen LogP) is 8.48. The Labute approximate surface area is 253 Å². The van der Waals surface area contributed by atoms with Gasteiger partial charge in [0.15, 0.2) is 11.5 Å². The predicted molar refractivity (Wildman–Crippen MR) is 175 cm³/mol. The summed E-state index contributed by atoms with van der Waals surface area (Å²) < 4.78 is 10.3. The van der Waals surface area contributed by atoms with Crippen molar-refractivity contribution in [2.45, 2.75) is 65.0 Å². The molecule has 0 unspecified atom stereocenters. The molecule has 0 saturated carbocycles. The molecule has 1 N–H and O–H groups in total. The van der Waals surface area contributed by atoms with Crippen LogP contribution in [0, 0.1) is 0 Å². The number of nitrogens with zero attached hydrogens (tertiary/aromatic N) is 2. The zero-order chi connectivity index (χ0) is 31.1. The van der Waals surface area contributed by atoms with Crippen molar-refractivity contribution >= 4 is 44.5 Å². The Hall–Kier alpha value is -4.58. The van der Waals surface area contributed by atoms with Gasteiger partial charge in [-0.1, -0.05) is 68.3 Å². The van der Waals surface area contributed by atoms with Gasteiger partial charge in [-0.3, -0.25) is 9.59 Å². The van der Waals surface area contributed by atoms with E-state index >= 15 is 0 Å². The number of hydrogen-bond acceptors (Lipinski definition) is 4. The largest absolute Gasteiger partial charge is 0.504 e. The monoisotopic (exact) mass is 576 g/mol. The van der Waals surface area contributed by atoms with Gasteiger partial charge >= 0.3 is 0 Å². The van der Waals surface area contributed by atoms with Crippen LogP contribution in [0.2, 0.25) is 0 Å². The van der Waals surface area contributed by atoms with E-state index in [1.165, 1.54) is 0 Å². The van der Waals surface area contributed by atoms with Gasteiger partial charge in [0.2, 0.25) is 11.6 Å². The number of aromatic nitrogens is 2. The summed E-state index contributed by atoms with van der Waals surface area (Å²) in [5.74, 6) is -1.77. The molecule has 222 valence electrons.